The lowest BCUT2D eigenvalue weighted by Crippen LogP contribution is -2.20. The third kappa shape index (κ3) is 2.93. The van der Waals surface area contributed by atoms with Gasteiger partial charge in [-0.2, -0.15) is 13.2 Å². The third-order valence-electron chi connectivity index (χ3n) is 2.20. The molecule has 1 rings (SSSR count). The van der Waals surface area contributed by atoms with E-state index >= 15 is 0 Å². The monoisotopic (exact) mass is 236 g/mol. The Morgan fingerprint density at radius 1 is 1.25 bits per heavy atom. The van der Waals surface area contributed by atoms with E-state index in [9.17, 15) is 17.6 Å². The molecule has 0 saturated heterocycles. The molecular formula is C10H12F4N2. The largest absolute Gasteiger partial charge is 0.416 e. The van der Waals surface area contributed by atoms with Crippen LogP contribution in [-0.4, -0.2) is 6.54 Å². The summed E-state index contributed by atoms with van der Waals surface area (Å²) in [6.07, 6.45) is -4.39. The molecule has 0 unspecified atom stereocenters. The van der Waals surface area contributed by atoms with Crippen LogP contribution in [0, 0.1) is 5.82 Å². The molecule has 0 amide bonds. The Balaban J connectivity index is 3.18. The van der Waals surface area contributed by atoms with Gasteiger partial charge in [0.15, 0.2) is 0 Å². The van der Waals surface area contributed by atoms with Crippen molar-refractivity contribution in [2.24, 2.45) is 11.5 Å². The lowest BCUT2D eigenvalue weighted by molar-refractivity contribution is -0.138. The maximum atomic E-state index is 12.8. The standard InChI is InChI=1S/C10H12F4N2/c11-6-1-2-7(9(16)3-4-15)8(5-6)10(12,13)14/h1-2,5,9H,3-4,15-16H2/t9-/m1/s1. The molecule has 1 atom stereocenters. The van der Waals surface area contributed by atoms with Crippen LogP contribution in [-0.2, 0) is 6.18 Å². The highest BCUT2D eigenvalue weighted by Crippen LogP contribution is 2.35. The van der Waals surface area contributed by atoms with Crippen molar-refractivity contribution < 1.29 is 17.6 Å². The quantitative estimate of drug-likeness (QED) is 0.790. The molecule has 90 valence electrons. The predicted octanol–water partition coefficient (Wildman–Crippen LogP) is 2.19. The summed E-state index contributed by atoms with van der Waals surface area (Å²) in [6.45, 7) is 0.176. The van der Waals surface area contributed by atoms with Gasteiger partial charge in [-0.1, -0.05) is 6.07 Å². The molecule has 1 aromatic rings. The van der Waals surface area contributed by atoms with E-state index < -0.39 is 23.6 Å². The Hall–Kier alpha value is -1.14. The van der Waals surface area contributed by atoms with Gasteiger partial charge in [0, 0.05) is 6.04 Å². The second-order valence-electron chi connectivity index (χ2n) is 3.41. The average Bonchev–Trinajstić information content (AvgIpc) is 2.16. The van der Waals surface area contributed by atoms with Crippen LogP contribution in [0.5, 0.6) is 0 Å². The lowest BCUT2D eigenvalue weighted by atomic mass is 9.98. The molecule has 0 fully saturated rings. The van der Waals surface area contributed by atoms with Gasteiger partial charge in [0.1, 0.15) is 5.82 Å². The van der Waals surface area contributed by atoms with Crippen LogP contribution >= 0.6 is 0 Å². The molecule has 2 nitrogen and oxygen atoms in total. The van der Waals surface area contributed by atoms with Crippen molar-refractivity contribution in [3.8, 4) is 0 Å². The summed E-state index contributed by atoms with van der Waals surface area (Å²) < 4.78 is 50.5. The first kappa shape index (κ1) is 12.9. The number of rotatable bonds is 3. The molecule has 6 heteroatoms. The smallest absolute Gasteiger partial charge is 0.330 e. The third-order valence-corrected chi connectivity index (χ3v) is 2.20. The summed E-state index contributed by atoms with van der Waals surface area (Å²) in [7, 11) is 0. The average molecular weight is 236 g/mol. The van der Waals surface area contributed by atoms with Crippen LogP contribution in [0.4, 0.5) is 17.6 Å². The fourth-order valence-corrected chi connectivity index (χ4v) is 1.43. The summed E-state index contributed by atoms with van der Waals surface area (Å²) >= 11 is 0. The fraction of sp³-hybridized carbons (Fsp3) is 0.400. The van der Waals surface area contributed by atoms with Gasteiger partial charge in [0.2, 0.25) is 0 Å². The topological polar surface area (TPSA) is 52.0 Å². The van der Waals surface area contributed by atoms with E-state index in [2.05, 4.69) is 0 Å². The Morgan fingerprint density at radius 3 is 2.38 bits per heavy atom. The molecule has 4 N–H and O–H groups in total. The van der Waals surface area contributed by atoms with Crippen molar-refractivity contribution in [2.75, 3.05) is 6.54 Å². The molecule has 0 aliphatic carbocycles. The molecule has 0 aliphatic rings. The van der Waals surface area contributed by atoms with Crippen molar-refractivity contribution in [3.05, 3.63) is 35.1 Å². The van der Waals surface area contributed by atoms with Gasteiger partial charge in [-0.3, -0.25) is 0 Å². The molecule has 1 aromatic carbocycles. The zero-order valence-electron chi connectivity index (χ0n) is 8.39. The number of nitrogens with two attached hydrogens (primary N) is 2. The summed E-state index contributed by atoms with van der Waals surface area (Å²) in [4.78, 5) is 0. The minimum atomic E-state index is -4.61. The molecule has 0 saturated carbocycles. The van der Waals surface area contributed by atoms with Gasteiger partial charge >= 0.3 is 6.18 Å². The normalized spacial score (nSPS) is 13.9. The van der Waals surface area contributed by atoms with Crippen LogP contribution in [0.25, 0.3) is 0 Å². The number of benzene rings is 1. The Labute approximate surface area is 90.2 Å². The fourth-order valence-electron chi connectivity index (χ4n) is 1.43. The number of halogens is 4. The van der Waals surface area contributed by atoms with Crippen LogP contribution in [0.1, 0.15) is 23.6 Å². The van der Waals surface area contributed by atoms with Crippen LogP contribution in [0.3, 0.4) is 0 Å². The molecule has 0 spiro atoms. The molecule has 0 aromatic heterocycles. The maximum absolute atomic E-state index is 12.8. The highest BCUT2D eigenvalue weighted by Gasteiger charge is 2.34. The molecule has 0 radical (unpaired) electrons. The van der Waals surface area contributed by atoms with Crippen molar-refractivity contribution in [2.45, 2.75) is 18.6 Å². The van der Waals surface area contributed by atoms with Gasteiger partial charge in [0.25, 0.3) is 0 Å². The van der Waals surface area contributed by atoms with Crippen molar-refractivity contribution in [1.29, 1.82) is 0 Å². The highest BCUT2D eigenvalue weighted by molar-refractivity contribution is 5.32. The van der Waals surface area contributed by atoms with Crippen molar-refractivity contribution in [1.82, 2.24) is 0 Å². The predicted molar refractivity (Wildman–Crippen MR) is 52.0 cm³/mol. The number of hydrogen-bond donors (Lipinski definition) is 2. The van der Waals surface area contributed by atoms with Gasteiger partial charge in [0.05, 0.1) is 5.56 Å². The van der Waals surface area contributed by atoms with E-state index in [1.165, 1.54) is 0 Å². The zero-order chi connectivity index (χ0) is 12.3. The lowest BCUT2D eigenvalue weighted by Gasteiger charge is -2.17. The van der Waals surface area contributed by atoms with Crippen LogP contribution < -0.4 is 11.5 Å². The number of alkyl halides is 3. The summed E-state index contributed by atoms with van der Waals surface area (Å²) in [6, 6.07) is 1.63. The van der Waals surface area contributed by atoms with Crippen LogP contribution in [0.15, 0.2) is 18.2 Å². The minimum absolute atomic E-state index is 0.126. The van der Waals surface area contributed by atoms with E-state index in [0.29, 0.717) is 6.07 Å². The second kappa shape index (κ2) is 4.80. The van der Waals surface area contributed by atoms with Crippen molar-refractivity contribution in [3.63, 3.8) is 0 Å². The molecule has 0 aliphatic heterocycles. The van der Waals surface area contributed by atoms with Crippen molar-refractivity contribution >= 4 is 0 Å². The Bertz CT molecular complexity index is 362. The van der Waals surface area contributed by atoms with Gasteiger partial charge < -0.3 is 11.5 Å². The van der Waals surface area contributed by atoms with E-state index in [-0.39, 0.29) is 18.5 Å². The Morgan fingerprint density at radius 2 is 1.88 bits per heavy atom. The van der Waals surface area contributed by atoms with E-state index in [1.807, 2.05) is 0 Å². The molecular weight excluding hydrogens is 224 g/mol. The number of hydrogen-bond acceptors (Lipinski definition) is 2. The first-order chi connectivity index (χ1) is 7.36. The maximum Gasteiger partial charge on any atom is 0.416 e. The van der Waals surface area contributed by atoms with E-state index in [1.54, 1.807) is 0 Å². The van der Waals surface area contributed by atoms with E-state index in [4.69, 9.17) is 11.5 Å². The highest BCUT2D eigenvalue weighted by atomic mass is 19.4. The molecule has 0 heterocycles. The van der Waals surface area contributed by atoms with Gasteiger partial charge in [-0.05, 0) is 30.7 Å². The van der Waals surface area contributed by atoms with Gasteiger partial charge in [-0.15, -0.1) is 0 Å². The summed E-state index contributed by atoms with van der Waals surface area (Å²) in [5.41, 5.74) is 9.61. The first-order valence-electron chi connectivity index (χ1n) is 4.68. The SMILES string of the molecule is NCC[C@@H](N)c1ccc(F)cc1C(F)(F)F. The first-order valence-corrected chi connectivity index (χ1v) is 4.68. The summed E-state index contributed by atoms with van der Waals surface area (Å²) in [5.74, 6) is -0.934. The van der Waals surface area contributed by atoms with Gasteiger partial charge in [-0.25, -0.2) is 4.39 Å². The minimum Gasteiger partial charge on any atom is -0.330 e. The zero-order valence-corrected chi connectivity index (χ0v) is 8.39. The Kier molecular flexibility index (Phi) is 3.88. The second-order valence-corrected chi connectivity index (χ2v) is 3.41. The molecule has 16 heavy (non-hydrogen) atoms. The van der Waals surface area contributed by atoms with E-state index in [0.717, 1.165) is 12.1 Å². The van der Waals surface area contributed by atoms with Crippen LogP contribution in [0.2, 0.25) is 0 Å². The molecule has 0 bridgehead atoms. The summed E-state index contributed by atoms with van der Waals surface area (Å²) in [5, 5.41) is 0.